The summed E-state index contributed by atoms with van der Waals surface area (Å²) in [5.74, 6) is -0.00549. The second kappa shape index (κ2) is 9.28. The van der Waals surface area contributed by atoms with Crippen molar-refractivity contribution in [3.8, 4) is 0 Å². The van der Waals surface area contributed by atoms with Crippen LogP contribution in [0, 0.1) is 0 Å². The molecule has 8 heteroatoms. The molecule has 5 nitrogen and oxygen atoms in total. The van der Waals surface area contributed by atoms with Crippen molar-refractivity contribution in [3.05, 3.63) is 51.8 Å². The number of hydrogen-bond donors (Lipinski definition) is 1. The third-order valence-electron chi connectivity index (χ3n) is 3.64. The van der Waals surface area contributed by atoms with E-state index in [0.29, 0.717) is 23.1 Å². The minimum Gasteiger partial charge on any atom is -0.337 e. The number of hydrogen-bond acceptors (Lipinski definition) is 3. The summed E-state index contributed by atoms with van der Waals surface area (Å²) >= 11 is 12.0. The van der Waals surface area contributed by atoms with Crippen LogP contribution in [0.15, 0.2) is 30.6 Å². The van der Waals surface area contributed by atoms with Crippen molar-refractivity contribution in [3.63, 3.8) is 0 Å². The van der Waals surface area contributed by atoms with Gasteiger partial charge in [-0.1, -0.05) is 29.3 Å². The van der Waals surface area contributed by atoms with Crippen LogP contribution in [0.3, 0.4) is 0 Å². The highest BCUT2D eigenvalue weighted by Crippen LogP contribution is 2.24. The van der Waals surface area contributed by atoms with Crippen molar-refractivity contribution < 1.29 is 4.79 Å². The van der Waals surface area contributed by atoms with Crippen LogP contribution in [0.2, 0.25) is 10.0 Å². The standard InChI is InChI=1S/C16H20Cl2N4O.ClH/c1-4-22(9-11-5-6-13(17)14(18)7-11)16(23)15(19-2)12-8-20-21(3)10-12;/h5-8,10,15,19H,4,9H2,1-3H3;1H. The SMILES string of the molecule is CCN(Cc1ccc(Cl)c(Cl)c1)C(=O)C(NC)c1cnn(C)c1.Cl. The summed E-state index contributed by atoms with van der Waals surface area (Å²) < 4.78 is 1.68. The minimum atomic E-state index is -0.425. The molecule has 1 aromatic heterocycles. The Bertz CT molecular complexity index is 690. The normalized spacial score (nSPS) is 11.7. The van der Waals surface area contributed by atoms with Crippen molar-refractivity contribution in [1.82, 2.24) is 20.0 Å². The lowest BCUT2D eigenvalue weighted by molar-refractivity contribution is -0.133. The third kappa shape index (κ3) is 4.86. The summed E-state index contributed by atoms with van der Waals surface area (Å²) in [5.41, 5.74) is 1.78. The van der Waals surface area contributed by atoms with Gasteiger partial charge in [0.2, 0.25) is 5.91 Å². The number of aromatic nitrogens is 2. The topological polar surface area (TPSA) is 50.2 Å². The van der Waals surface area contributed by atoms with E-state index in [1.54, 1.807) is 35.0 Å². The predicted octanol–water partition coefficient (Wildman–Crippen LogP) is 3.46. The van der Waals surface area contributed by atoms with Gasteiger partial charge < -0.3 is 10.2 Å². The fourth-order valence-corrected chi connectivity index (χ4v) is 2.73. The number of rotatable bonds is 6. The van der Waals surface area contributed by atoms with Gasteiger partial charge in [0, 0.05) is 31.9 Å². The van der Waals surface area contributed by atoms with E-state index in [-0.39, 0.29) is 18.3 Å². The number of halogens is 3. The molecular formula is C16H21Cl3N4O. The Morgan fingerprint density at radius 1 is 1.38 bits per heavy atom. The van der Waals surface area contributed by atoms with Crippen LogP contribution in [0.5, 0.6) is 0 Å². The van der Waals surface area contributed by atoms with E-state index in [1.807, 2.05) is 26.2 Å². The van der Waals surface area contributed by atoms with E-state index in [0.717, 1.165) is 11.1 Å². The van der Waals surface area contributed by atoms with Gasteiger partial charge in [-0.3, -0.25) is 9.48 Å². The molecule has 132 valence electrons. The van der Waals surface area contributed by atoms with E-state index < -0.39 is 6.04 Å². The van der Waals surface area contributed by atoms with Gasteiger partial charge in [-0.15, -0.1) is 12.4 Å². The molecule has 1 amide bonds. The fourth-order valence-electron chi connectivity index (χ4n) is 2.41. The first kappa shape index (κ1) is 20.8. The second-order valence-electron chi connectivity index (χ2n) is 5.27. The number of nitrogens with zero attached hydrogens (tertiary/aromatic N) is 3. The molecule has 0 fully saturated rings. The quantitative estimate of drug-likeness (QED) is 0.820. The molecule has 0 saturated carbocycles. The lowest BCUT2D eigenvalue weighted by Gasteiger charge is -2.26. The summed E-state index contributed by atoms with van der Waals surface area (Å²) in [4.78, 5) is 14.6. The maximum absolute atomic E-state index is 12.8. The number of amides is 1. The maximum atomic E-state index is 12.8. The number of likely N-dealkylation sites (N-methyl/N-ethyl adjacent to an activating group) is 2. The van der Waals surface area contributed by atoms with Gasteiger partial charge in [0.15, 0.2) is 0 Å². The van der Waals surface area contributed by atoms with Gasteiger partial charge in [-0.2, -0.15) is 5.10 Å². The molecular weight excluding hydrogens is 371 g/mol. The van der Waals surface area contributed by atoms with Crippen LogP contribution >= 0.6 is 35.6 Å². The molecule has 24 heavy (non-hydrogen) atoms. The van der Waals surface area contributed by atoms with Crippen molar-refractivity contribution in [2.24, 2.45) is 7.05 Å². The van der Waals surface area contributed by atoms with Gasteiger partial charge in [-0.25, -0.2) is 0 Å². The smallest absolute Gasteiger partial charge is 0.244 e. The highest BCUT2D eigenvalue weighted by atomic mass is 35.5. The molecule has 0 bridgehead atoms. The molecule has 1 atom stereocenters. The average Bonchev–Trinajstić information content (AvgIpc) is 2.95. The van der Waals surface area contributed by atoms with E-state index in [1.165, 1.54) is 0 Å². The molecule has 2 rings (SSSR count). The average molecular weight is 392 g/mol. The van der Waals surface area contributed by atoms with E-state index in [9.17, 15) is 4.79 Å². The number of carbonyl (C=O) groups excluding carboxylic acids is 1. The molecule has 0 aliphatic heterocycles. The van der Waals surface area contributed by atoms with Crippen LogP contribution in [0.25, 0.3) is 0 Å². The number of aryl methyl sites for hydroxylation is 1. The zero-order chi connectivity index (χ0) is 17.0. The van der Waals surface area contributed by atoms with E-state index >= 15 is 0 Å². The molecule has 0 saturated heterocycles. The summed E-state index contributed by atoms with van der Waals surface area (Å²) in [5, 5.41) is 8.19. The van der Waals surface area contributed by atoms with Crippen LogP contribution in [-0.2, 0) is 18.4 Å². The first-order valence-corrected chi connectivity index (χ1v) is 8.10. The van der Waals surface area contributed by atoms with Gasteiger partial charge in [0.05, 0.1) is 16.2 Å². The Balaban J connectivity index is 0.00000288. The van der Waals surface area contributed by atoms with Gasteiger partial charge in [-0.05, 0) is 31.7 Å². The predicted molar refractivity (Wildman–Crippen MR) is 99.8 cm³/mol. The van der Waals surface area contributed by atoms with Gasteiger partial charge in [0.1, 0.15) is 6.04 Å². The molecule has 0 radical (unpaired) electrons. The molecule has 0 aliphatic carbocycles. The second-order valence-corrected chi connectivity index (χ2v) is 6.08. The van der Waals surface area contributed by atoms with Crippen molar-refractivity contribution in [2.75, 3.05) is 13.6 Å². The molecule has 1 heterocycles. The monoisotopic (exact) mass is 390 g/mol. The van der Waals surface area contributed by atoms with E-state index in [2.05, 4.69) is 10.4 Å². The van der Waals surface area contributed by atoms with Crippen molar-refractivity contribution in [1.29, 1.82) is 0 Å². The fraction of sp³-hybridized carbons (Fsp3) is 0.375. The zero-order valence-electron chi connectivity index (χ0n) is 13.8. The van der Waals surface area contributed by atoms with Crippen LogP contribution in [0.1, 0.15) is 24.1 Å². The lowest BCUT2D eigenvalue weighted by atomic mass is 10.1. The first-order valence-electron chi connectivity index (χ1n) is 7.34. The third-order valence-corrected chi connectivity index (χ3v) is 4.38. The zero-order valence-corrected chi connectivity index (χ0v) is 16.1. The largest absolute Gasteiger partial charge is 0.337 e. The Labute approximate surface area is 158 Å². The Hall–Kier alpha value is -1.27. The van der Waals surface area contributed by atoms with Crippen LogP contribution < -0.4 is 5.32 Å². The minimum absolute atomic E-state index is 0. The molecule has 1 N–H and O–H groups in total. The Morgan fingerprint density at radius 2 is 2.08 bits per heavy atom. The lowest BCUT2D eigenvalue weighted by Crippen LogP contribution is -2.39. The molecule has 2 aromatic rings. The van der Waals surface area contributed by atoms with E-state index in [4.69, 9.17) is 23.2 Å². The Morgan fingerprint density at radius 3 is 2.58 bits per heavy atom. The summed E-state index contributed by atoms with van der Waals surface area (Å²) in [6.45, 7) is 3.02. The summed E-state index contributed by atoms with van der Waals surface area (Å²) in [7, 11) is 3.59. The number of nitrogens with one attached hydrogen (secondary N) is 1. The molecule has 1 aromatic carbocycles. The number of benzene rings is 1. The number of carbonyl (C=O) groups is 1. The molecule has 0 aliphatic rings. The highest BCUT2D eigenvalue weighted by molar-refractivity contribution is 6.42. The maximum Gasteiger partial charge on any atom is 0.244 e. The molecule has 1 unspecified atom stereocenters. The summed E-state index contributed by atoms with van der Waals surface area (Å²) in [6, 6.07) is 4.99. The van der Waals surface area contributed by atoms with Gasteiger partial charge >= 0.3 is 0 Å². The highest BCUT2D eigenvalue weighted by Gasteiger charge is 2.25. The van der Waals surface area contributed by atoms with Crippen LogP contribution in [-0.4, -0.2) is 34.2 Å². The van der Waals surface area contributed by atoms with Crippen molar-refractivity contribution >= 4 is 41.5 Å². The summed E-state index contributed by atoms with van der Waals surface area (Å²) in [6.07, 6.45) is 3.54. The Kier molecular flexibility index (Phi) is 8.03. The van der Waals surface area contributed by atoms with Crippen LogP contribution in [0.4, 0.5) is 0 Å². The molecule has 0 spiro atoms. The van der Waals surface area contributed by atoms with Crippen molar-refractivity contribution in [2.45, 2.75) is 19.5 Å². The first-order chi connectivity index (χ1) is 11.0. The van der Waals surface area contributed by atoms with Gasteiger partial charge in [0.25, 0.3) is 0 Å².